The normalized spacial score (nSPS) is 21.4. The van der Waals surface area contributed by atoms with Crippen LogP contribution >= 0.6 is 11.3 Å². The number of sulfone groups is 1. The molecule has 3 heterocycles. The van der Waals surface area contributed by atoms with Crippen molar-refractivity contribution < 1.29 is 13.2 Å². The predicted octanol–water partition coefficient (Wildman–Crippen LogP) is 0.521. The molecule has 1 amide bonds. The summed E-state index contributed by atoms with van der Waals surface area (Å²) in [4.78, 5) is 22.7. The lowest BCUT2D eigenvalue weighted by atomic mass is 9.95. The third-order valence-electron chi connectivity index (χ3n) is 5.24. The van der Waals surface area contributed by atoms with E-state index in [0.717, 1.165) is 11.6 Å². The van der Waals surface area contributed by atoms with E-state index in [0.29, 0.717) is 52.1 Å². The number of rotatable bonds is 4. The predicted molar refractivity (Wildman–Crippen MR) is 100.0 cm³/mol. The van der Waals surface area contributed by atoms with Crippen molar-refractivity contribution in [2.45, 2.75) is 30.9 Å². The zero-order valence-electron chi connectivity index (χ0n) is 14.8. The number of piperazine rings is 1. The van der Waals surface area contributed by atoms with Crippen molar-refractivity contribution >= 4 is 32.2 Å². The maximum Gasteiger partial charge on any atom is 0.244 e. The maximum absolute atomic E-state index is 13.1. The molecule has 2 aliphatic rings. The van der Waals surface area contributed by atoms with Crippen molar-refractivity contribution in [3.05, 3.63) is 11.1 Å². The van der Waals surface area contributed by atoms with E-state index in [-0.39, 0.29) is 5.91 Å². The Morgan fingerprint density at radius 3 is 2.44 bits per heavy atom. The summed E-state index contributed by atoms with van der Waals surface area (Å²) in [5.74, 6) is -0.218. The number of hydrogen-bond donors (Lipinski definition) is 1. The first kappa shape index (κ1) is 18.6. The fraction of sp³-hybridized carbons (Fsp3) is 0.750. The van der Waals surface area contributed by atoms with Crippen molar-refractivity contribution in [1.82, 2.24) is 15.2 Å². The molecule has 25 heavy (non-hydrogen) atoms. The first-order chi connectivity index (χ1) is 11.9. The molecule has 0 unspecified atom stereocenters. The molecule has 140 valence electrons. The lowest BCUT2D eigenvalue weighted by Crippen LogP contribution is -2.61. The number of carbonyl (C=O) groups excluding carboxylic acids is 1. The Balaban J connectivity index is 1.70. The van der Waals surface area contributed by atoms with E-state index in [4.69, 9.17) is 0 Å². The van der Waals surface area contributed by atoms with Gasteiger partial charge in [0.2, 0.25) is 5.91 Å². The molecule has 0 aromatic carbocycles. The molecule has 2 aliphatic heterocycles. The summed E-state index contributed by atoms with van der Waals surface area (Å²) in [6.45, 7) is 5.73. The van der Waals surface area contributed by atoms with Gasteiger partial charge < -0.3 is 15.1 Å². The Bertz CT molecular complexity index is 717. The van der Waals surface area contributed by atoms with Gasteiger partial charge in [-0.05, 0) is 32.4 Å². The maximum atomic E-state index is 13.1. The van der Waals surface area contributed by atoms with Crippen LogP contribution in [0.2, 0.25) is 0 Å². The number of nitrogens with zero attached hydrogens (tertiary/aromatic N) is 3. The summed E-state index contributed by atoms with van der Waals surface area (Å²) < 4.78 is 23.6. The Morgan fingerprint density at radius 1 is 1.28 bits per heavy atom. The Labute approximate surface area is 153 Å². The average Bonchev–Trinajstić information content (AvgIpc) is 3.10. The minimum Gasteiger partial charge on any atom is -0.345 e. The van der Waals surface area contributed by atoms with E-state index in [1.165, 1.54) is 11.1 Å². The number of aryl methyl sites for hydroxylation is 1. The molecule has 1 N–H and O–H groups in total. The molecule has 2 saturated heterocycles. The number of piperidine rings is 1. The summed E-state index contributed by atoms with van der Waals surface area (Å²) in [5.41, 5.74) is 0. The second kappa shape index (κ2) is 7.20. The SMILES string of the molecule is CCc1cnc(N2CCN(C(=O)C3(S(C)(=O)=O)CCNCC3)CC2)s1. The van der Waals surface area contributed by atoms with Crippen LogP contribution in [0.1, 0.15) is 24.6 Å². The number of amides is 1. The average molecular weight is 387 g/mol. The number of nitrogens with one attached hydrogen (secondary N) is 1. The monoisotopic (exact) mass is 386 g/mol. The van der Waals surface area contributed by atoms with Gasteiger partial charge >= 0.3 is 0 Å². The van der Waals surface area contributed by atoms with Gasteiger partial charge in [-0.3, -0.25) is 4.79 Å². The van der Waals surface area contributed by atoms with Crippen LogP contribution in [0.25, 0.3) is 0 Å². The van der Waals surface area contributed by atoms with Crippen LogP contribution in [-0.2, 0) is 21.1 Å². The van der Waals surface area contributed by atoms with Crippen molar-refractivity contribution in [3.8, 4) is 0 Å². The molecule has 0 spiro atoms. The third kappa shape index (κ3) is 3.54. The van der Waals surface area contributed by atoms with E-state index in [2.05, 4.69) is 22.1 Å². The van der Waals surface area contributed by atoms with E-state index in [1.54, 1.807) is 16.2 Å². The number of aromatic nitrogens is 1. The van der Waals surface area contributed by atoms with Gasteiger partial charge in [-0.2, -0.15) is 0 Å². The second-order valence-electron chi connectivity index (χ2n) is 6.76. The Kier molecular flexibility index (Phi) is 5.36. The van der Waals surface area contributed by atoms with Crippen molar-refractivity contribution in [3.63, 3.8) is 0 Å². The fourth-order valence-corrected chi connectivity index (χ4v) is 5.86. The van der Waals surface area contributed by atoms with Crippen LogP contribution in [0.3, 0.4) is 0 Å². The third-order valence-corrected chi connectivity index (χ3v) is 8.44. The molecule has 7 nitrogen and oxygen atoms in total. The molecular weight excluding hydrogens is 360 g/mol. The largest absolute Gasteiger partial charge is 0.345 e. The van der Waals surface area contributed by atoms with E-state index >= 15 is 0 Å². The van der Waals surface area contributed by atoms with Crippen molar-refractivity contribution in [2.75, 3.05) is 50.4 Å². The van der Waals surface area contributed by atoms with E-state index in [1.807, 2.05) is 6.20 Å². The second-order valence-corrected chi connectivity index (χ2v) is 10.2. The van der Waals surface area contributed by atoms with Crippen LogP contribution in [0, 0.1) is 0 Å². The molecule has 0 bridgehead atoms. The van der Waals surface area contributed by atoms with Gasteiger partial charge in [0.05, 0.1) is 0 Å². The van der Waals surface area contributed by atoms with Gasteiger partial charge in [-0.1, -0.05) is 6.92 Å². The van der Waals surface area contributed by atoms with Gasteiger partial charge in [0.15, 0.2) is 19.7 Å². The standard InChI is InChI=1S/C16H26N4O3S2/c1-3-13-12-18-15(24-13)20-10-8-19(9-11-20)14(21)16(25(2,22)23)4-6-17-7-5-16/h12,17H,3-11H2,1-2H3. The molecule has 9 heteroatoms. The summed E-state index contributed by atoms with van der Waals surface area (Å²) in [5, 5.41) is 4.14. The van der Waals surface area contributed by atoms with Crippen LogP contribution < -0.4 is 10.2 Å². The summed E-state index contributed by atoms with van der Waals surface area (Å²) in [7, 11) is -3.46. The number of thiazole rings is 1. The molecule has 1 aromatic rings. The lowest BCUT2D eigenvalue weighted by molar-refractivity contribution is -0.135. The summed E-state index contributed by atoms with van der Waals surface area (Å²) in [6, 6.07) is 0. The highest BCUT2D eigenvalue weighted by molar-refractivity contribution is 7.92. The molecule has 2 fully saturated rings. The molecule has 0 saturated carbocycles. The summed E-state index contributed by atoms with van der Waals surface area (Å²) >= 11 is 1.69. The first-order valence-electron chi connectivity index (χ1n) is 8.77. The smallest absolute Gasteiger partial charge is 0.244 e. The van der Waals surface area contributed by atoms with Gasteiger partial charge in [-0.15, -0.1) is 11.3 Å². The minimum atomic E-state index is -3.46. The zero-order chi connectivity index (χ0) is 18.1. The fourth-order valence-electron chi connectivity index (χ4n) is 3.57. The molecular formula is C16H26N4O3S2. The summed E-state index contributed by atoms with van der Waals surface area (Å²) in [6.07, 6.45) is 4.80. The van der Waals surface area contributed by atoms with Gasteiger partial charge in [-0.25, -0.2) is 13.4 Å². The van der Waals surface area contributed by atoms with E-state index in [9.17, 15) is 13.2 Å². The number of hydrogen-bond acceptors (Lipinski definition) is 7. The topological polar surface area (TPSA) is 82.6 Å². The molecule has 1 aromatic heterocycles. The van der Waals surface area contributed by atoms with E-state index < -0.39 is 14.6 Å². The van der Waals surface area contributed by atoms with Gasteiger partial charge in [0, 0.05) is 43.5 Å². The lowest BCUT2D eigenvalue weighted by Gasteiger charge is -2.41. The van der Waals surface area contributed by atoms with Crippen molar-refractivity contribution in [2.24, 2.45) is 0 Å². The molecule has 0 radical (unpaired) electrons. The highest BCUT2D eigenvalue weighted by Crippen LogP contribution is 2.31. The highest BCUT2D eigenvalue weighted by atomic mass is 32.2. The Hall–Kier alpha value is -1.19. The zero-order valence-corrected chi connectivity index (χ0v) is 16.5. The Morgan fingerprint density at radius 2 is 1.92 bits per heavy atom. The number of anilines is 1. The van der Waals surface area contributed by atoms with Crippen LogP contribution in [0.5, 0.6) is 0 Å². The number of carbonyl (C=O) groups is 1. The molecule has 0 aliphatic carbocycles. The minimum absolute atomic E-state index is 0.218. The van der Waals surface area contributed by atoms with Gasteiger partial charge in [0.25, 0.3) is 0 Å². The quantitative estimate of drug-likeness (QED) is 0.812. The van der Waals surface area contributed by atoms with Crippen LogP contribution in [0.15, 0.2) is 6.20 Å². The van der Waals surface area contributed by atoms with Gasteiger partial charge in [0.1, 0.15) is 0 Å². The molecule has 3 rings (SSSR count). The van der Waals surface area contributed by atoms with Crippen molar-refractivity contribution in [1.29, 1.82) is 0 Å². The molecule has 0 atom stereocenters. The van der Waals surface area contributed by atoms with Crippen LogP contribution in [0.4, 0.5) is 5.13 Å². The first-order valence-corrected chi connectivity index (χ1v) is 11.5. The highest BCUT2D eigenvalue weighted by Gasteiger charge is 2.50. The van der Waals surface area contributed by atoms with Crippen LogP contribution in [-0.4, -0.2) is 74.5 Å².